The smallest absolute Gasteiger partial charge is 0.369 e. The van der Waals surface area contributed by atoms with Crippen LogP contribution in [0, 0.1) is 0 Å². The molecule has 2 heterocycles. The van der Waals surface area contributed by atoms with E-state index in [1.54, 1.807) is 0 Å². The van der Waals surface area contributed by atoms with Crippen LogP contribution in [0.1, 0.15) is 11.6 Å². The number of anilines is 1. The summed E-state index contributed by atoms with van der Waals surface area (Å²) in [7, 11) is 0. The second-order valence-corrected chi connectivity index (χ2v) is 3.89. The molecule has 2 aromatic rings. The Hall–Kier alpha value is -1.90. The van der Waals surface area contributed by atoms with Crippen LogP contribution in [0.25, 0.3) is 0 Å². The van der Waals surface area contributed by atoms with Gasteiger partial charge in [0.15, 0.2) is 0 Å². The highest BCUT2D eigenvalue weighted by Crippen LogP contribution is 2.28. The first-order valence-electron chi connectivity index (χ1n) is 5.15. The first kappa shape index (κ1) is 13.5. The fraction of sp³-hybridized carbons (Fsp3) is 0.333. The van der Waals surface area contributed by atoms with Crippen LogP contribution < -0.4 is 5.32 Å². The molecule has 2 rings (SSSR count). The van der Waals surface area contributed by atoms with Crippen molar-refractivity contribution in [3.63, 3.8) is 0 Å². The standard InChI is InChI=1S/C9H8ClF3N6/c10-5-3-7(18-8(17-5)9(11,12)13)14-2-1-6-15-4-16-19-6/h3-4H,1-2H2,(H,14,17,18)(H,15,16,19). The normalized spacial score (nSPS) is 11.6. The average Bonchev–Trinajstić information content (AvgIpc) is 2.80. The van der Waals surface area contributed by atoms with E-state index in [9.17, 15) is 13.2 Å². The second-order valence-electron chi connectivity index (χ2n) is 3.51. The summed E-state index contributed by atoms with van der Waals surface area (Å²) in [5.41, 5.74) is 0. The molecule has 10 heteroatoms. The summed E-state index contributed by atoms with van der Waals surface area (Å²) in [6.45, 7) is 0.333. The van der Waals surface area contributed by atoms with Crippen molar-refractivity contribution in [1.82, 2.24) is 25.1 Å². The van der Waals surface area contributed by atoms with Crippen molar-refractivity contribution in [3.8, 4) is 0 Å². The van der Waals surface area contributed by atoms with Gasteiger partial charge in [-0.1, -0.05) is 11.6 Å². The van der Waals surface area contributed by atoms with Crippen LogP contribution in [0.5, 0.6) is 0 Å². The molecule has 0 saturated heterocycles. The number of aromatic amines is 1. The van der Waals surface area contributed by atoms with Crippen molar-refractivity contribution >= 4 is 17.4 Å². The lowest BCUT2D eigenvalue weighted by Crippen LogP contribution is -2.14. The Morgan fingerprint density at radius 1 is 1.32 bits per heavy atom. The summed E-state index contributed by atoms with van der Waals surface area (Å²) in [4.78, 5) is 10.3. The van der Waals surface area contributed by atoms with Gasteiger partial charge in [0.1, 0.15) is 23.1 Å². The van der Waals surface area contributed by atoms with Gasteiger partial charge in [-0.25, -0.2) is 15.0 Å². The molecule has 0 unspecified atom stereocenters. The minimum Gasteiger partial charge on any atom is -0.369 e. The number of halogens is 4. The van der Waals surface area contributed by atoms with Gasteiger partial charge in [0.05, 0.1) is 0 Å². The Balaban J connectivity index is 2.02. The molecule has 0 aromatic carbocycles. The van der Waals surface area contributed by atoms with Gasteiger partial charge in [0, 0.05) is 19.0 Å². The number of alkyl halides is 3. The minimum absolute atomic E-state index is 0.00633. The molecule has 0 aliphatic carbocycles. The molecule has 19 heavy (non-hydrogen) atoms. The highest BCUT2D eigenvalue weighted by molar-refractivity contribution is 6.29. The van der Waals surface area contributed by atoms with Crippen LogP contribution in [0.2, 0.25) is 5.15 Å². The van der Waals surface area contributed by atoms with Crippen LogP contribution in [-0.4, -0.2) is 31.7 Å². The van der Waals surface area contributed by atoms with E-state index in [1.165, 1.54) is 12.4 Å². The van der Waals surface area contributed by atoms with E-state index in [0.29, 0.717) is 18.8 Å². The van der Waals surface area contributed by atoms with Gasteiger partial charge in [0.25, 0.3) is 0 Å². The van der Waals surface area contributed by atoms with Crippen molar-refractivity contribution in [3.05, 3.63) is 29.2 Å². The van der Waals surface area contributed by atoms with Gasteiger partial charge in [-0.15, -0.1) is 0 Å². The van der Waals surface area contributed by atoms with Gasteiger partial charge in [-0.3, -0.25) is 5.10 Å². The summed E-state index contributed by atoms with van der Waals surface area (Å²) < 4.78 is 37.4. The number of aromatic nitrogens is 5. The van der Waals surface area contributed by atoms with Gasteiger partial charge in [0.2, 0.25) is 5.82 Å². The zero-order valence-corrected chi connectivity index (χ0v) is 10.1. The van der Waals surface area contributed by atoms with E-state index in [4.69, 9.17) is 11.6 Å². The van der Waals surface area contributed by atoms with Crippen LogP contribution in [0.15, 0.2) is 12.4 Å². The Kier molecular flexibility index (Phi) is 3.84. The third kappa shape index (κ3) is 3.78. The number of rotatable bonds is 4. The van der Waals surface area contributed by atoms with Crippen molar-refractivity contribution in [2.75, 3.05) is 11.9 Å². The van der Waals surface area contributed by atoms with Crippen molar-refractivity contribution in [2.24, 2.45) is 0 Å². The van der Waals surface area contributed by atoms with Crippen molar-refractivity contribution in [1.29, 1.82) is 0 Å². The van der Waals surface area contributed by atoms with E-state index < -0.39 is 12.0 Å². The van der Waals surface area contributed by atoms with E-state index in [2.05, 4.69) is 30.5 Å². The van der Waals surface area contributed by atoms with Crippen LogP contribution in [-0.2, 0) is 12.6 Å². The van der Waals surface area contributed by atoms with E-state index >= 15 is 0 Å². The molecule has 0 fully saturated rings. The Morgan fingerprint density at radius 2 is 2.11 bits per heavy atom. The molecule has 0 spiro atoms. The quantitative estimate of drug-likeness (QED) is 0.842. The lowest BCUT2D eigenvalue weighted by atomic mass is 10.4. The zero-order chi connectivity index (χ0) is 13.9. The average molecular weight is 293 g/mol. The largest absolute Gasteiger partial charge is 0.451 e. The van der Waals surface area contributed by atoms with Crippen LogP contribution in [0.4, 0.5) is 19.0 Å². The number of nitrogens with one attached hydrogen (secondary N) is 2. The number of hydrogen-bond acceptors (Lipinski definition) is 5. The van der Waals surface area contributed by atoms with Crippen molar-refractivity contribution in [2.45, 2.75) is 12.6 Å². The molecule has 0 aliphatic rings. The topological polar surface area (TPSA) is 79.4 Å². The lowest BCUT2D eigenvalue weighted by Gasteiger charge is -2.09. The molecular weight excluding hydrogens is 285 g/mol. The summed E-state index contributed by atoms with van der Waals surface area (Å²) in [6.07, 6.45) is -2.83. The highest BCUT2D eigenvalue weighted by atomic mass is 35.5. The minimum atomic E-state index is -4.63. The molecule has 0 saturated carbocycles. The summed E-state index contributed by atoms with van der Waals surface area (Å²) >= 11 is 5.51. The fourth-order valence-electron chi connectivity index (χ4n) is 1.30. The predicted molar refractivity (Wildman–Crippen MR) is 60.6 cm³/mol. The highest BCUT2D eigenvalue weighted by Gasteiger charge is 2.35. The maximum absolute atomic E-state index is 12.5. The maximum Gasteiger partial charge on any atom is 0.451 e. The van der Waals surface area contributed by atoms with E-state index in [1.807, 2.05) is 0 Å². The molecule has 6 nitrogen and oxygen atoms in total. The first-order valence-corrected chi connectivity index (χ1v) is 5.53. The zero-order valence-electron chi connectivity index (χ0n) is 9.37. The molecule has 0 radical (unpaired) electrons. The molecule has 0 bridgehead atoms. The van der Waals surface area contributed by atoms with E-state index in [0.717, 1.165) is 0 Å². The van der Waals surface area contributed by atoms with Crippen LogP contribution >= 0.6 is 11.6 Å². The summed E-state index contributed by atoms with van der Waals surface area (Å²) in [5, 5.41) is 8.72. The number of hydrogen-bond donors (Lipinski definition) is 2. The fourth-order valence-corrected chi connectivity index (χ4v) is 1.48. The van der Waals surface area contributed by atoms with Gasteiger partial charge < -0.3 is 5.32 Å². The third-order valence-electron chi connectivity index (χ3n) is 2.08. The predicted octanol–water partition coefficient (Wildman–Crippen LogP) is 1.92. The number of H-pyrrole nitrogens is 1. The molecule has 2 N–H and O–H groups in total. The van der Waals surface area contributed by atoms with Crippen molar-refractivity contribution < 1.29 is 13.2 Å². The van der Waals surface area contributed by atoms with Gasteiger partial charge in [-0.2, -0.15) is 18.3 Å². The van der Waals surface area contributed by atoms with Crippen LogP contribution in [0.3, 0.4) is 0 Å². The second kappa shape index (κ2) is 5.39. The first-order chi connectivity index (χ1) is 8.95. The number of nitrogens with zero attached hydrogens (tertiary/aromatic N) is 4. The molecule has 102 valence electrons. The molecule has 0 amide bonds. The Bertz CT molecular complexity index is 541. The maximum atomic E-state index is 12.5. The van der Waals surface area contributed by atoms with E-state index in [-0.39, 0.29) is 11.0 Å². The molecule has 0 atom stereocenters. The third-order valence-corrected chi connectivity index (χ3v) is 2.27. The Morgan fingerprint density at radius 3 is 2.74 bits per heavy atom. The van der Waals surface area contributed by atoms with Gasteiger partial charge >= 0.3 is 6.18 Å². The lowest BCUT2D eigenvalue weighted by molar-refractivity contribution is -0.144. The summed E-state index contributed by atoms with van der Waals surface area (Å²) in [5.74, 6) is -0.655. The Labute approximate surface area is 110 Å². The monoisotopic (exact) mass is 292 g/mol. The SMILES string of the molecule is FC(F)(F)c1nc(Cl)cc(NCCc2ncn[nH]2)n1. The molecule has 0 aliphatic heterocycles. The van der Waals surface area contributed by atoms with Gasteiger partial charge in [-0.05, 0) is 0 Å². The molecular formula is C9H8ClF3N6. The summed E-state index contributed by atoms with van der Waals surface area (Å²) in [6, 6.07) is 1.22. The molecule has 2 aromatic heterocycles.